The number of ether oxygens (including phenoxy) is 1. The highest BCUT2D eigenvalue weighted by molar-refractivity contribution is 5.67. The predicted molar refractivity (Wildman–Crippen MR) is 56.2 cm³/mol. The molecule has 0 bridgehead atoms. The Morgan fingerprint density at radius 1 is 1.13 bits per heavy atom. The average Bonchev–Trinajstić information content (AvgIpc) is 2.29. The van der Waals surface area contributed by atoms with Crippen LogP contribution in [0, 0.1) is 5.82 Å². The molecule has 2 rings (SSSR count). The predicted octanol–water partition coefficient (Wildman–Crippen LogP) is 2.90. The normalized spacial score (nSPS) is 10.0. The lowest BCUT2D eigenvalue weighted by atomic mass is 10.1. The second kappa shape index (κ2) is 4.09. The van der Waals surface area contributed by atoms with E-state index in [9.17, 15) is 4.39 Å². The minimum atomic E-state index is -0.326. The van der Waals surface area contributed by atoms with Crippen molar-refractivity contribution in [2.24, 2.45) is 0 Å². The number of hydrogen-bond donors (Lipinski definition) is 0. The van der Waals surface area contributed by atoms with Crippen LogP contribution in [0.2, 0.25) is 0 Å². The van der Waals surface area contributed by atoms with E-state index >= 15 is 0 Å². The quantitative estimate of drug-likeness (QED) is 0.748. The fourth-order valence-corrected chi connectivity index (χ4v) is 1.43. The van der Waals surface area contributed by atoms with Gasteiger partial charge in [0.05, 0.1) is 18.4 Å². The summed E-state index contributed by atoms with van der Waals surface area (Å²) in [4.78, 5) is 4.10. The average molecular weight is 203 g/mol. The van der Waals surface area contributed by atoms with Crippen molar-refractivity contribution in [1.82, 2.24) is 4.98 Å². The van der Waals surface area contributed by atoms with Crippen molar-refractivity contribution in [3.63, 3.8) is 0 Å². The maximum absolute atomic E-state index is 13.6. The van der Waals surface area contributed by atoms with E-state index in [2.05, 4.69) is 4.98 Å². The van der Waals surface area contributed by atoms with Crippen LogP contribution in [0.1, 0.15) is 0 Å². The van der Waals surface area contributed by atoms with Gasteiger partial charge in [0, 0.05) is 6.20 Å². The highest BCUT2D eigenvalue weighted by Gasteiger charge is 2.11. The van der Waals surface area contributed by atoms with Crippen LogP contribution in [0.3, 0.4) is 0 Å². The lowest BCUT2D eigenvalue weighted by Gasteiger charge is -2.08. The summed E-state index contributed by atoms with van der Waals surface area (Å²) in [6.45, 7) is 0. The van der Waals surface area contributed by atoms with Crippen LogP contribution < -0.4 is 4.74 Å². The second-order valence-electron chi connectivity index (χ2n) is 3.03. The number of aromatic nitrogens is 1. The SMILES string of the molecule is COc1cccc(F)c1-c1ccccn1. The van der Waals surface area contributed by atoms with E-state index in [0.29, 0.717) is 17.0 Å². The van der Waals surface area contributed by atoms with Crippen LogP contribution in [0.5, 0.6) is 5.75 Å². The molecule has 1 heterocycles. The van der Waals surface area contributed by atoms with E-state index in [4.69, 9.17) is 4.74 Å². The van der Waals surface area contributed by atoms with Crippen LogP contribution in [0.25, 0.3) is 11.3 Å². The third kappa shape index (κ3) is 1.81. The zero-order chi connectivity index (χ0) is 10.7. The van der Waals surface area contributed by atoms with E-state index < -0.39 is 0 Å². The molecule has 3 heteroatoms. The van der Waals surface area contributed by atoms with E-state index in [1.54, 1.807) is 30.5 Å². The monoisotopic (exact) mass is 203 g/mol. The molecule has 0 N–H and O–H groups in total. The zero-order valence-corrected chi connectivity index (χ0v) is 8.27. The molecule has 15 heavy (non-hydrogen) atoms. The molecule has 2 aromatic rings. The summed E-state index contributed by atoms with van der Waals surface area (Å²) in [7, 11) is 1.52. The van der Waals surface area contributed by atoms with Gasteiger partial charge < -0.3 is 4.74 Å². The van der Waals surface area contributed by atoms with Crippen LogP contribution in [0.15, 0.2) is 42.6 Å². The van der Waals surface area contributed by atoms with Gasteiger partial charge in [-0.05, 0) is 24.3 Å². The fourth-order valence-electron chi connectivity index (χ4n) is 1.43. The van der Waals surface area contributed by atoms with Crippen molar-refractivity contribution in [3.05, 3.63) is 48.4 Å². The molecule has 0 fully saturated rings. The molecule has 0 spiro atoms. The van der Waals surface area contributed by atoms with E-state index in [0.717, 1.165) is 0 Å². The highest BCUT2D eigenvalue weighted by Crippen LogP contribution is 2.30. The number of pyridine rings is 1. The molecule has 1 aromatic carbocycles. The molecule has 1 aromatic heterocycles. The third-order valence-corrected chi connectivity index (χ3v) is 2.12. The van der Waals surface area contributed by atoms with E-state index in [1.165, 1.54) is 13.2 Å². The summed E-state index contributed by atoms with van der Waals surface area (Å²) < 4.78 is 18.7. The van der Waals surface area contributed by atoms with Gasteiger partial charge in [0.15, 0.2) is 0 Å². The van der Waals surface area contributed by atoms with Crippen molar-refractivity contribution in [2.75, 3.05) is 7.11 Å². The van der Waals surface area contributed by atoms with Gasteiger partial charge in [0.2, 0.25) is 0 Å². The lowest BCUT2D eigenvalue weighted by molar-refractivity contribution is 0.413. The molecule has 0 aliphatic rings. The Morgan fingerprint density at radius 2 is 2.00 bits per heavy atom. The van der Waals surface area contributed by atoms with Crippen molar-refractivity contribution in [3.8, 4) is 17.0 Å². The summed E-state index contributed by atoms with van der Waals surface area (Å²) in [6.07, 6.45) is 1.63. The molecule has 0 unspecified atom stereocenters. The molecule has 0 saturated carbocycles. The lowest BCUT2D eigenvalue weighted by Crippen LogP contribution is -1.92. The van der Waals surface area contributed by atoms with Crippen LogP contribution >= 0.6 is 0 Å². The Morgan fingerprint density at radius 3 is 2.67 bits per heavy atom. The number of nitrogens with zero attached hydrogens (tertiary/aromatic N) is 1. The summed E-state index contributed by atoms with van der Waals surface area (Å²) in [5, 5.41) is 0. The Bertz CT molecular complexity index is 456. The number of halogens is 1. The van der Waals surface area contributed by atoms with Crippen molar-refractivity contribution in [2.45, 2.75) is 0 Å². The van der Waals surface area contributed by atoms with Crippen molar-refractivity contribution < 1.29 is 9.13 Å². The third-order valence-electron chi connectivity index (χ3n) is 2.12. The molecule has 0 radical (unpaired) electrons. The molecule has 0 atom stereocenters. The van der Waals surface area contributed by atoms with Crippen LogP contribution in [-0.2, 0) is 0 Å². The smallest absolute Gasteiger partial charge is 0.136 e. The van der Waals surface area contributed by atoms with E-state index in [1.807, 2.05) is 6.07 Å². The molecule has 0 amide bonds. The first-order chi connectivity index (χ1) is 7.33. The summed E-state index contributed by atoms with van der Waals surface area (Å²) >= 11 is 0. The largest absolute Gasteiger partial charge is 0.496 e. The Labute approximate surface area is 87.4 Å². The van der Waals surface area contributed by atoms with Gasteiger partial charge in [-0.1, -0.05) is 12.1 Å². The van der Waals surface area contributed by atoms with E-state index in [-0.39, 0.29) is 5.82 Å². The van der Waals surface area contributed by atoms with Crippen LogP contribution in [0.4, 0.5) is 4.39 Å². The minimum absolute atomic E-state index is 0.326. The summed E-state index contributed by atoms with van der Waals surface area (Å²) in [6, 6.07) is 10.1. The first kappa shape index (κ1) is 9.65. The molecular formula is C12H10FNO. The van der Waals surface area contributed by atoms with Crippen LogP contribution in [-0.4, -0.2) is 12.1 Å². The van der Waals surface area contributed by atoms with Gasteiger partial charge in [0.1, 0.15) is 11.6 Å². The highest BCUT2D eigenvalue weighted by atomic mass is 19.1. The van der Waals surface area contributed by atoms with Gasteiger partial charge in [0.25, 0.3) is 0 Å². The van der Waals surface area contributed by atoms with Gasteiger partial charge in [-0.3, -0.25) is 4.98 Å². The Kier molecular flexibility index (Phi) is 2.63. The molecule has 2 nitrogen and oxygen atoms in total. The number of hydrogen-bond acceptors (Lipinski definition) is 2. The van der Waals surface area contributed by atoms with Gasteiger partial charge in [-0.15, -0.1) is 0 Å². The standard InChI is InChI=1S/C12H10FNO/c1-15-11-7-4-5-9(13)12(11)10-6-2-3-8-14-10/h2-8H,1H3. The van der Waals surface area contributed by atoms with Gasteiger partial charge >= 0.3 is 0 Å². The van der Waals surface area contributed by atoms with Crippen molar-refractivity contribution in [1.29, 1.82) is 0 Å². The fraction of sp³-hybridized carbons (Fsp3) is 0.0833. The molecule has 0 saturated heterocycles. The summed E-state index contributed by atoms with van der Waals surface area (Å²) in [5.74, 6) is 0.168. The second-order valence-corrected chi connectivity index (χ2v) is 3.03. The van der Waals surface area contributed by atoms with Gasteiger partial charge in [-0.2, -0.15) is 0 Å². The number of benzene rings is 1. The maximum atomic E-state index is 13.6. The molecule has 0 aliphatic heterocycles. The Balaban J connectivity index is 2.61. The Hall–Kier alpha value is -1.90. The van der Waals surface area contributed by atoms with Gasteiger partial charge in [-0.25, -0.2) is 4.39 Å². The summed E-state index contributed by atoms with van der Waals surface area (Å²) in [5.41, 5.74) is 0.980. The maximum Gasteiger partial charge on any atom is 0.136 e. The molecule has 0 aliphatic carbocycles. The number of rotatable bonds is 2. The first-order valence-electron chi connectivity index (χ1n) is 4.57. The molecule has 76 valence electrons. The number of methoxy groups -OCH3 is 1. The first-order valence-corrected chi connectivity index (χ1v) is 4.57. The zero-order valence-electron chi connectivity index (χ0n) is 8.27. The topological polar surface area (TPSA) is 22.1 Å². The molecular weight excluding hydrogens is 193 g/mol. The van der Waals surface area contributed by atoms with Crippen molar-refractivity contribution >= 4 is 0 Å². The minimum Gasteiger partial charge on any atom is -0.496 e.